The molecular weight excluding hydrogens is 138 g/mol. The topological polar surface area (TPSA) is 20.3 Å². The van der Waals surface area contributed by atoms with Crippen LogP contribution >= 0.6 is 0 Å². The van der Waals surface area contributed by atoms with Gasteiger partial charge in [0.1, 0.15) is 5.78 Å². The number of nitrogens with zero attached hydrogens (tertiary/aromatic N) is 1. The van der Waals surface area contributed by atoms with Gasteiger partial charge >= 0.3 is 0 Å². The highest BCUT2D eigenvalue weighted by Gasteiger charge is 2.25. The molecule has 0 N–H and O–H groups in total. The summed E-state index contributed by atoms with van der Waals surface area (Å²) in [7, 11) is 0. The van der Waals surface area contributed by atoms with Crippen molar-refractivity contribution in [1.82, 2.24) is 4.90 Å². The number of rotatable bonds is 2. The average molecular weight is 153 g/mol. The molecule has 0 radical (unpaired) electrons. The second kappa shape index (κ2) is 2.94. The quantitative estimate of drug-likeness (QED) is 0.591. The first-order valence-electron chi connectivity index (χ1n) is 4.58. The summed E-state index contributed by atoms with van der Waals surface area (Å²) >= 11 is 0. The third-order valence-electron chi connectivity index (χ3n) is 2.85. The summed E-state index contributed by atoms with van der Waals surface area (Å²) in [4.78, 5) is 13.2. The molecule has 0 amide bonds. The Morgan fingerprint density at radius 1 is 1.45 bits per heavy atom. The minimum atomic E-state index is 0.435. The van der Waals surface area contributed by atoms with E-state index in [1.165, 1.54) is 25.8 Å². The predicted octanol–water partition coefficient (Wildman–Crippen LogP) is 1.06. The third kappa shape index (κ3) is 1.62. The Hall–Kier alpha value is -0.370. The molecule has 2 rings (SSSR count). The monoisotopic (exact) mass is 153 g/mol. The molecule has 1 aliphatic carbocycles. The first-order valence-corrected chi connectivity index (χ1v) is 4.58. The number of carbonyl (C=O) groups is 1. The van der Waals surface area contributed by atoms with Gasteiger partial charge in [-0.05, 0) is 18.8 Å². The van der Waals surface area contributed by atoms with Crippen LogP contribution in [0.3, 0.4) is 0 Å². The van der Waals surface area contributed by atoms with Crippen LogP contribution in [0.5, 0.6) is 0 Å². The fourth-order valence-electron chi connectivity index (χ4n) is 1.89. The lowest BCUT2D eigenvalue weighted by molar-refractivity contribution is -0.116. The number of ketones is 1. The second-order valence-corrected chi connectivity index (χ2v) is 3.82. The number of Topliss-reactive ketones (excluding diaryl/α,β-unsaturated/α-hetero) is 1. The second-order valence-electron chi connectivity index (χ2n) is 3.82. The van der Waals surface area contributed by atoms with Gasteiger partial charge in [0.2, 0.25) is 0 Å². The van der Waals surface area contributed by atoms with Crippen molar-refractivity contribution in [2.75, 3.05) is 19.6 Å². The summed E-state index contributed by atoms with van der Waals surface area (Å²) < 4.78 is 0. The lowest BCUT2D eigenvalue weighted by Gasteiger charge is -2.29. The van der Waals surface area contributed by atoms with Crippen LogP contribution in [0.15, 0.2) is 0 Å². The Morgan fingerprint density at radius 2 is 2.27 bits per heavy atom. The fourth-order valence-corrected chi connectivity index (χ4v) is 1.89. The number of carbonyl (C=O) groups excluding carboxylic acids is 1. The van der Waals surface area contributed by atoms with Gasteiger partial charge in [-0.2, -0.15) is 0 Å². The summed E-state index contributed by atoms with van der Waals surface area (Å²) in [6.45, 7) is 2.94. The number of hydrogen-bond donors (Lipinski definition) is 0. The fraction of sp³-hybridized carbons (Fsp3) is 0.889. The van der Waals surface area contributed by atoms with Crippen LogP contribution < -0.4 is 0 Å². The average Bonchev–Trinajstić information content (AvgIpc) is 2.27. The Bertz CT molecular complexity index is 163. The lowest BCUT2D eigenvalue weighted by Crippen LogP contribution is -2.30. The Balaban J connectivity index is 1.73. The maximum absolute atomic E-state index is 10.9. The lowest BCUT2D eigenvalue weighted by atomic mass is 9.85. The van der Waals surface area contributed by atoms with Crippen LogP contribution in [0.25, 0.3) is 0 Å². The van der Waals surface area contributed by atoms with Crippen LogP contribution in [0.4, 0.5) is 0 Å². The van der Waals surface area contributed by atoms with E-state index in [-0.39, 0.29) is 0 Å². The Labute approximate surface area is 67.6 Å². The molecule has 0 aromatic carbocycles. The molecule has 11 heavy (non-hydrogen) atoms. The van der Waals surface area contributed by atoms with E-state index in [1.807, 2.05) is 0 Å². The zero-order valence-electron chi connectivity index (χ0n) is 6.88. The van der Waals surface area contributed by atoms with Crippen molar-refractivity contribution < 1.29 is 4.79 Å². The van der Waals surface area contributed by atoms with Crippen LogP contribution in [0.2, 0.25) is 0 Å². The number of likely N-dealkylation sites (tertiary alicyclic amines) is 1. The zero-order chi connectivity index (χ0) is 7.68. The van der Waals surface area contributed by atoms with Gasteiger partial charge in [0.05, 0.1) is 6.54 Å². The summed E-state index contributed by atoms with van der Waals surface area (Å²) in [6.07, 6.45) is 4.99. The van der Waals surface area contributed by atoms with Gasteiger partial charge in [0, 0.05) is 19.5 Å². The minimum absolute atomic E-state index is 0.435. The molecule has 62 valence electrons. The molecule has 0 bridgehead atoms. The van der Waals surface area contributed by atoms with Gasteiger partial charge in [0.25, 0.3) is 0 Å². The molecule has 2 nitrogen and oxygen atoms in total. The van der Waals surface area contributed by atoms with E-state index in [0.29, 0.717) is 5.78 Å². The Kier molecular flexibility index (Phi) is 1.95. The highest BCUT2D eigenvalue weighted by atomic mass is 16.1. The van der Waals surface area contributed by atoms with Crippen LogP contribution in [-0.4, -0.2) is 30.3 Å². The minimum Gasteiger partial charge on any atom is -0.298 e. The third-order valence-corrected chi connectivity index (χ3v) is 2.85. The van der Waals surface area contributed by atoms with Crippen molar-refractivity contribution >= 4 is 5.78 Å². The standard InChI is InChI=1S/C9H15NO/c11-9-4-5-10(7-9)6-8-2-1-3-8/h8H,1-7H2. The molecule has 1 heterocycles. The van der Waals surface area contributed by atoms with Crippen LogP contribution in [-0.2, 0) is 4.79 Å². The van der Waals surface area contributed by atoms with Crippen molar-refractivity contribution in [2.24, 2.45) is 5.92 Å². The van der Waals surface area contributed by atoms with Gasteiger partial charge < -0.3 is 0 Å². The van der Waals surface area contributed by atoms with E-state index in [1.54, 1.807) is 0 Å². The maximum Gasteiger partial charge on any atom is 0.148 e. The molecule has 0 unspecified atom stereocenters. The molecule has 2 fully saturated rings. The van der Waals surface area contributed by atoms with Gasteiger partial charge in [0.15, 0.2) is 0 Å². The van der Waals surface area contributed by atoms with Crippen LogP contribution in [0.1, 0.15) is 25.7 Å². The van der Waals surface area contributed by atoms with Crippen molar-refractivity contribution in [3.63, 3.8) is 0 Å². The van der Waals surface area contributed by atoms with Gasteiger partial charge in [-0.1, -0.05) is 6.42 Å². The van der Waals surface area contributed by atoms with Crippen LogP contribution in [0, 0.1) is 5.92 Å². The van der Waals surface area contributed by atoms with E-state index in [4.69, 9.17) is 0 Å². The Morgan fingerprint density at radius 3 is 2.73 bits per heavy atom. The summed E-state index contributed by atoms with van der Waals surface area (Å²) in [5, 5.41) is 0. The van der Waals surface area contributed by atoms with E-state index in [9.17, 15) is 4.79 Å². The zero-order valence-corrected chi connectivity index (χ0v) is 6.88. The summed E-state index contributed by atoms with van der Waals surface area (Å²) in [6, 6.07) is 0. The first kappa shape index (κ1) is 7.29. The maximum atomic E-state index is 10.9. The van der Waals surface area contributed by atoms with E-state index in [0.717, 1.165) is 25.4 Å². The molecule has 0 aromatic rings. The smallest absolute Gasteiger partial charge is 0.148 e. The highest BCUT2D eigenvalue weighted by Crippen LogP contribution is 2.27. The first-order chi connectivity index (χ1) is 5.34. The molecule has 1 saturated heterocycles. The van der Waals surface area contributed by atoms with Crippen molar-refractivity contribution in [2.45, 2.75) is 25.7 Å². The largest absolute Gasteiger partial charge is 0.298 e. The van der Waals surface area contributed by atoms with E-state index in [2.05, 4.69) is 4.90 Å². The molecular formula is C9H15NO. The summed E-state index contributed by atoms with van der Waals surface area (Å²) in [5.74, 6) is 1.35. The molecule has 2 aliphatic rings. The molecule has 0 atom stereocenters. The van der Waals surface area contributed by atoms with Crippen molar-refractivity contribution in [1.29, 1.82) is 0 Å². The molecule has 0 aromatic heterocycles. The van der Waals surface area contributed by atoms with Gasteiger partial charge in [-0.15, -0.1) is 0 Å². The van der Waals surface area contributed by atoms with E-state index >= 15 is 0 Å². The molecule has 2 heteroatoms. The molecule has 1 saturated carbocycles. The highest BCUT2D eigenvalue weighted by molar-refractivity contribution is 5.82. The van der Waals surface area contributed by atoms with Gasteiger partial charge in [-0.25, -0.2) is 0 Å². The van der Waals surface area contributed by atoms with Crippen molar-refractivity contribution in [3.8, 4) is 0 Å². The number of hydrogen-bond acceptors (Lipinski definition) is 2. The molecule has 0 spiro atoms. The summed E-state index contributed by atoms with van der Waals surface area (Å²) in [5.41, 5.74) is 0. The normalized spacial score (nSPS) is 27.5. The predicted molar refractivity (Wildman–Crippen MR) is 43.4 cm³/mol. The van der Waals surface area contributed by atoms with E-state index < -0.39 is 0 Å². The van der Waals surface area contributed by atoms with Gasteiger partial charge in [-0.3, -0.25) is 9.69 Å². The molecule has 1 aliphatic heterocycles. The van der Waals surface area contributed by atoms with Crippen molar-refractivity contribution in [3.05, 3.63) is 0 Å². The SMILES string of the molecule is O=C1CCN(CC2CCC2)C1.